The van der Waals surface area contributed by atoms with Crippen molar-refractivity contribution in [1.82, 2.24) is 9.88 Å². The number of likely N-dealkylation sites (tertiary alicyclic amines) is 1. The molecule has 0 saturated carbocycles. The molecule has 1 aliphatic heterocycles. The molecule has 27 heavy (non-hydrogen) atoms. The zero-order valence-corrected chi connectivity index (χ0v) is 16.2. The van der Waals surface area contributed by atoms with Gasteiger partial charge in [0.25, 0.3) is 0 Å². The number of aromatic nitrogens is 1. The standard InChI is InChI=1S/C20H22N2O4S/c1-11-12(2)27-20(21-11)14-10-26-19-13(9-22-6-4-3-5-7-22)15(23)8-16(24)17(19)18(14)25/h8,10,23-24H,3-7,9H2,1-2H3. The molecule has 0 radical (unpaired) electrons. The Morgan fingerprint density at radius 3 is 2.59 bits per heavy atom. The number of rotatable bonds is 3. The van der Waals surface area contributed by atoms with Crippen molar-refractivity contribution >= 4 is 22.3 Å². The van der Waals surface area contributed by atoms with Crippen molar-refractivity contribution in [3.8, 4) is 22.1 Å². The first-order valence-corrected chi connectivity index (χ1v) is 9.93. The molecule has 3 aromatic rings. The van der Waals surface area contributed by atoms with Crippen LogP contribution in [0.1, 0.15) is 35.4 Å². The van der Waals surface area contributed by atoms with Crippen LogP contribution in [-0.2, 0) is 6.54 Å². The molecule has 1 aliphatic rings. The second-order valence-corrected chi connectivity index (χ2v) is 8.28. The van der Waals surface area contributed by atoms with Crippen LogP contribution < -0.4 is 5.43 Å². The van der Waals surface area contributed by atoms with E-state index in [0.29, 0.717) is 22.7 Å². The van der Waals surface area contributed by atoms with E-state index in [-0.39, 0.29) is 27.9 Å². The van der Waals surface area contributed by atoms with Gasteiger partial charge < -0.3 is 14.6 Å². The zero-order valence-electron chi connectivity index (χ0n) is 15.4. The molecule has 0 unspecified atom stereocenters. The summed E-state index contributed by atoms with van der Waals surface area (Å²) in [5.74, 6) is -0.326. The van der Waals surface area contributed by atoms with Gasteiger partial charge in [0.15, 0.2) is 0 Å². The maximum Gasteiger partial charge on any atom is 0.206 e. The van der Waals surface area contributed by atoms with E-state index < -0.39 is 0 Å². The molecule has 2 aromatic heterocycles. The molecule has 2 N–H and O–H groups in total. The lowest BCUT2D eigenvalue weighted by Gasteiger charge is -2.26. The largest absolute Gasteiger partial charge is 0.507 e. The first kappa shape index (κ1) is 18.0. The quantitative estimate of drug-likeness (QED) is 0.709. The molecule has 0 bridgehead atoms. The Labute approximate surface area is 160 Å². The first-order valence-electron chi connectivity index (χ1n) is 9.11. The molecule has 142 valence electrons. The number of fused-ring (bicyclic) bond motifs is 1. The molecule has 1 aromatic carbocycles. The number of phenolic OH excluding ortho intramolecular Hbond substituents is 2. The van der Waals surface area contributed by atoms with Crippen LogP contribution in [0.2, 0.25) is 0 Å². The maximum atomic E-state index is 13.1. The van der Waals surface area contributed by atoms with Gasteiger partial charge in [-0.05, 0) is 39.8 Å². The second kappa shape index (κ2) is 6.98. The fourth-order valence-electron chi connectivity index (χ4n) is 3.56. The van der Waals surface area contributed by atoms with E-state index in [1.807, 2.05) is 13.8 Å². The van der Waals surface area contributed by atoms with Crippen molar-refractivity contribution in [1.29, 1.82) is 0 Å². The van der Waals surface area contributed by atoms with Crippen molar-refractivity contribution in [2.45, 2.75) is 39.7 Å². The SMILES string of the molecule is Cc1nc(-c2coc3c(CN4CCCCC4)c(O)cc(O)c3c2=O)sc1C. The molecule has 6 nitrogen and oxygen atoms in total. The number of benzene rings is 1. The van der Waals surface area contributed by atoms with Crippen LogP contribution in [0.3, 0.4) is 0 Å². The second-order valence-electron chi connectivity index (χ2n) is 7.07. The minimum absolute atomic E-state index is 0.0533. The number of nitrogens with zero attached hydrogens (tertiary/aromatic N) is 2. The van der Waals surface area contributed by atoms with Crippen molar-refractivity contribution in [2.24, 2.45) is 0 Å². The predicted octanol–water partition coefficient (Wildman–Crippen LogP) is 3.93. The number of hydrogen-bond donors (Lipinski definition) is 2. The Hall–Kier alpha value is -2.38. The number of phenols is 2. The van der Waals surface area contributed by atoms with Crippen molar-refractivity contribution in [3.63, 3.8) is 0 Å². The van der Waals surface area contributed by atoms with Gasteiger partial charge in [0, 0.05) is 17.5 Å². The van der Waals surface area contributed by atoms with Gasteiger partial charge in [-0.2, -0.15) is 0 Å². The third-order valence-electron chi connectivity index (χ3n) is 5.20. The molecule has 0 spiro atoms. The van der Waals surface area contributed by atoms with E-state index in [9.17, 15) is 15.0 Å². The Balaban J connectivity index is 1.86. The first-order chi connectivity index (χ1) is 13.0. The van der Waals surface area contributed by atoms with Gasteiger partial charge in [0.1, 0.15) is 33.7 Å². The molecule has 4 rings (SSSR count). The monoisotopic (exact) mass is 386 g/mol. The molecule has 1 fully saturated rings. The Morgan fingerprint density at radius 2 is 1.93 bits per heavy atom. The number of aromatic hydroxyl groups is 2. The van der Waals surface area contributed by atoms with E-state index in [4.69, 9.17) is 4.42 Å². The van der Waals surface area contributed by atoms with Crippen LogP contribution in [0.15, 0.2) is 21.5 Å². The van der Waals surface area contributed by atoms with Gasteiger partial charge >= 0.3 is 0 Å². The van der Waals surface area contributed by atoms with Crippen molar-refractivity contribution < 1.29 is 14.6 Å². The molecule has 0 atom stereocenters. The fraction of sp³-hybridized carbons (Fsp3) is 0.400. The van der Waals surface area contributed by atoms with Gasteiger partial charge in [0.05, 0.1) is 16.8 Å². The molecule has 7 heteroatoms. The van der Waals surface area contributed by atoms with E-state index in [0.717, 1.165) is 36.5 Å². The maximum absolute atomic E-state index is 13.1. The average molecular weight is 386 g/mol. The van der Waals surface area contributed by atoms with Gasteiger partial charge in [-0.3, -0.25) is 9.69 Å². The number of aryl methyl sites for hydroxylation is 2. The summed E-state index contributed by atoms with van der Waals surface area (Å²) in [6.07, 6.45) is 4.84. The Kier molecular flexibility index (Phi) is 4.65. The summed E-state index contributed by atoms with van der Waals surface area (Å²) < 4.78 is 5.78. The van der Waals surface area contributed by atoms with Crippen molar-refractivity contribution in [2.75, 3.05) is 13.1 Å². The molecule has 3 heterocycles. The third kappa shape index (κ3) is 3.21. The van der Waals surface area contributed by atoms with E-state index in [1.54, 1.807) is 0 Å². The average Bonchev–Trinajstić information content (AvgIpc) is 2.97. The van der Waals surface area contributed by atoms with E-state index in [2.05, 4.69) is 9.88 Å². The highest BCUT2D eigenvalue weighted by Crippen LogP contribution is 2.36. The van der Waals surface area contributed by atoms with Crippen molar-refractivity contribution in [3.05, 3.63) is 38.7 Å². The van der Waals surface area contributed by atoms with Crippen LogP contribution >= 0.6 is 11.3 Å². The predicted molar refractivity (Wildman–Crippen MR) is 106 cm³/mol. The van der Waals surface area contributed by atoms with Crippen LogP contribution in [0.25, 0.3) is 21.5 Å². The van der Waals surface area contributed by atoms with Gasteiger partial charge in [-0.15, -0.1) is 11.3 Å². The lowest BCUT2D eigenvalue weighted by Crippen LogP contribution is -2.29. The lowest BCUT2D eigenvalue weighted by atomic mass is 10.0. The van der Waals surface area contributed by atoms with Crippen LogP contribution in [0.5, 0.6) is 11.5 Å². The molecule has 1 saturated heterocycles. The smallest absolute Gasteiger partial charge is 0.206 e. The number of piperidine rings is 1. The number of hydrogen-bond acceptors (Lipinski definition) is 7. The highest BCUT2D eigenvalue weighted by atomic mass is 32.1. The normalized spacial score (nSPS) is 15.5. The highest BCUT2D eigenvalue weighted by Gasteiger charge is 2.22. The molecular weight excluding hydrogens is 364 g/mol. The highest BCUT2D eigenvalue weighted by molar-refractivity contribution is 7.15. The van der Waals surface area contributed by atoms with E-state index in [1.165, 1.54) is 30.1 Å². The third-order valence-corrected chi connectivity index (χ3v) is 6.30. The molecule has 0 aliphatic carbocycles. The van der Waals surface area contributed by atoms with Crippen LogP contribution in [0.4, 0.5) is 0 Å². The summed E-state index contributed by atoms with van der Waals surface area (Å²) in [5.41, 5.74) is 1.66. The summed E-state index contributed by atoms with van der Waals surface area (Å²) in [4.78, 5) is 20.8. The number of thiazole rings is 1. The summed E-state index contributed by atoms with van der Waals surface area (Å²) in [6, 6.07) is 1.24. The minimum atomic E-state index is -0.331. The summed E-state index contributed by atoms with van der Waals surface area (Å²) in [6.45, 7) is 6.22. The van der Waals surface area contributed by atoms with Gasteiger partial charge in [-0.25, -0.2) is 4.98 Å². The molecular formula is C20H22N2O4S. The summed E-state index contributed by atoms with van der Waals surface area (Å²) in [7, 11) is 0. The Bertz CT molecular complexity index is 1040. The van der Waals surface area contributed by atoms with Gasteiger partial charge in [0.2, 0.25) is 5.43 Å². The molecule has 0 amide bonds. The van der Waals surface area contributed by atoms with Gasteiger partial charge in [-0.1, -0.05) is 6.42 Å². The minimum Gasteiger partial charge on any atom is -0.507 e. The summed E-state index contributed by atoms with van der Waals surface area (Å²) in [5, 5.41) is 21.4. The van der Waals surface area contributed by atoms with E-state index >= 15 is 0 Å². The van der Waals surface area contributed by atoms with Crippen LogP contribution in [0, 0.1) is 13.8 Å². The zero-order chi connectivity index (χ0) is 19.1. The van der Waals surface area contributed by atoms with Crippen LogP contribution in [-0.4, -0.2) is 33.2 Å². The topological polar surface area (TPSA) is 86.8 Å². The lowest BCUT2D eigenvalue weighted by molar-refractivity contribution is 0.218. The Morgan fingerprint density at radius 1 is 1.19 bits per heavy atom. The summed E-state index contributed by atoms with van der Waals surface area (Å²) >= 11 is 1.42. The fourth-order valence-corrected chi connectivity index (χ4v) is 4.47.